The summed E-state index contributed by atoms with van der Waals surface area (Å²) < 4.78 is 5.21. The minimum atomic E-state index is -0.625. The van der Waals surface area contributed by atoms with Crippen molar-refractivity contribution >= 4 is 22.6 Å². The van der Waals surface area contributed by atoms with Crippen LogP contribution < -0.4 is 15.8 Å². The summed E-state index contributed by atoms with van der Waals surface area (Å²) in [5, 5.41) is 3.54. The molecule has 1 unspecified atom stereocenters. The number of likely N-dealkylation sites (N-methyl/N-ethyl adjacent to an activating group) is 1. The first-order valence-corrected chi connectivity index (χ1v) is 8.15. The van der Waals surface area contributed by atoms with Gasteiger partial charge in [0.25, 0.3) is 5.91 Å². The van der Waals surface area contributed by atoms with Gasteiger partial charge >= 0.3 is 5.63 Å². The Morgan fingerprint density at radius 3 is 2.56 bits per heavy atom. The first kappa shape index (κ1) is 16.8. The number of rotatable bonds is 5. The smallest absolute Gasteiger partial charge is 0.349 e. The first-order valence-electron chi connectivity index (χ1n) is 8.15. The minimum absolute atomic E-state index is 0.0215. The van der Waals surface area contributed by atoms with Gasteiger partial charge in [-0.25, -0.2) is 4.79 Å². The molecular formula is C20H20N2O3. The van der Waals surface area contributed by atoms with Gasteiger partial charge in [0.15, 0.2) is 0 Å². The molecule has 1 amide bonds. The van der Waals surface area contributed by atoms with Crippen LogP contribution in [0.1, 0.15) is 17.3 Å². The number of amides is 1. The summed E-state index contributed by atoms with van der Waals surface area (Å²) in [7, 11) is 1.97. The number of carbonyl (C=O) groups is 1. The Morgan fingerprint density at radius 2 is 1.80 bits per heavy atom. The minimum Gasteiger partial charge on any atom is -0.422 e. The normalized spacial score (nSPS) is 11.9. The number of carbonyl (C=O) groups excluding carboxylic acids is 1. The lowest BCUT2D eigenvalue weighted by molar-refractivity contribution is 0.0948. The maximum absolute atomic E-state index is 12.4. The van der Waals surface area contributed by atoms with Crippen LogP contribution in [0.25, 0.3) is 11.0 Å². The molecule has 128 valence electrons. The van der Waals surface area contributed by atoms with E-state index in [2.05, 4.69) is 10.2 Å². The molecule has 0 aliphatic rings. The molecular weight excluding hydrogens is 316 g/mol. The van der Waals surface area contributed by atoms with E-state index in [0.29, 0.717) is 12.1 Å². The van der Waals surface area contributed by atoms with Crippen LogP contribution in [0.4, 0.5) is 5.69 Å². The Kier molecular flexibility index (Phi) is 4.84. The van der Waals surface area contributed by atoms with Crippen molar-refractivity contribution in [2.24, 2.45) is 0 Å². The third-order valence-corrected chi connectivity index (χ3v) is 4.27. The van der Waals surface area contributed by atoms with Crippen LogP contribution in [0.3, 0.4) is 0 Å². The second-order valence-corrected chi connectivity index (χ2v) is 5.99. The fourth-order valence-corrected chi connectivity index (χ4v) is 2.61. The van der Waals surface area contributed by atoms with E-state index in [4.69, 9.17) is 4.42 Å². The van der Waals surface area contributed by atoms with Gasteiger partial charge in [-0.1, -0.05) is 36.4 Å². The molecule has 0 radical (unpaired) electrons. The second kappa shape index (κ2) is 7.21. The number of nitrogens with one attached hydrogen (secondary N) is 1. The summed E-state index contributed by atoms with van der Waals surface area (Å²) in [5.41, 5.74) is 0.934. The van der Waals surface area contributed by atoms with Crippen LogP contribution in [0.15, 0.2) is 69.9 Å². The van der Waals surface area contributed by atoms with Gasteiger partial charge in [0, 0.05) is 30.7 Å². The molecule has 0 spiro atoms. The summed E-state index contributed by atoms with van der Waals surface area (Å²) in [5.74, 6) is -0.423. The molecule has 0 bridgehead atoms. The van der Waals surface area contributed by atoms with Crippen LogP contribution in [-0.2, 0) is 0 Å². The first-order chi connectivity index (χ1) is 12.1. The number of fused-ring (bicyclic) bond motifs is 1. The number of para-hydroxylation sites is 2. The van der Waals surface area contributed by atoms with Gasteiger partial charge in [-0.05, 0) is 31.2 Å². The molecule has 0 fully saturated rings. The van der Waals surface area contributed by atoms with E-state index in [1.165, 1.54) is 0 Å². The van der Waals surface area contributed by atoms with Gasteiger partial charge in [0.2, 0.25) is 0 Å². The van der Waals surface area contributed by atoms with Gasteiger partial charge in [0.1, 0.15) is 11.1 Å². The highest BCUT2D eigenvalue weighted by atomic mass is 16.4. The zero-order valence-electron chi connectivity index (χ0n) is 14.2. The molecule has 5 nitrogen and oxygen atoms in total. The molecule has 0 aliphatic heterocycles. The molecule has 1 atom stereocenters. The molecule has 5 heteroatoms. The maximum atomic E-state index is 12.4. The van der Waals surface area contributed by atoms with Gasteiger partial charge < -0.3 is 14.6 Å². The number of benzene rings is 2. The van der Waals surface area contributed by atoms with Crippen molar-refractivity contribution in [3.8, 4) is 0 Å². The number of hydrogen-bond acceptors (Lipinski definition) is 4. The monoisotopic (exact) mass is 336 g/mol. The Labute approximate surface area is 145 Å². The Morgan fingerprint density at radius 1 is 1.12 bits per heavy atom. The van der Waals surface area contributed by atoms with Crippen molar-refractivity contribution in [2.75, 3.05) is 18.5 Å². The summed E-state index contributed by atoms with van der Waals surface area (Å²) >= 11 is 0. The van der Waals surface area contributed by atoms with Gasteiger partial charge in [-0.3, -0.25) is 4.79 Å². The molecule has 1 aromatic heterocycles. The van der Waals surface area contributed by atoms with E-state index in [-0.39, 0.29) is 11.6 Å². The number of nitrogens with zero attached hydrogens (tertiary/aromatic N) is 1. The standard InChI is InChI=1S/C20H20N2O3/c1-14(22(2)16-9-4-3-5-10-16)13-21-19(23)17-12-15-8-6-7-11-18(15)25-20(17)24/h3-12,14H,13H2,1-2H3,(H,21,23). The number of hydrogen-bond donors (Lipinski definition) is 1. The summed E-state index contributed by atoms with van der Waals surface area (Å²) in [6.07, 6.45) is 0. The predicted octanol–water partition coefficient (Wildman–Crippen LogP) is 3.05. The van der Waals surface area contributed by atoms with Crippen LogP contribution in [-0.4, -0.2) is 25.5 Å². The quantitative estimate of drug-likeness (QED) is 0.728. The SMILES string of the molecule is CC(CNC(=O)c1cc2ccccc2oc1=O)N(C)c1ccccc1. The van der Waals surface area contributed by atoms with Crippen molar-refractivity contribution < 1.29 is 9.21 Å². The highest BCUT2D eigenvalue weighted by Gasteiger charge is 2.16. The average molecular weight is 336 g/mol. The largest absolute Gasteiger partial charge is 0.422 e. The zero-order valence-corrected chi connectivity index (χ0v) is 14.2. The fourth-order valence-electron chi connectivity index (χ4n) is 2.61. The van der Waals surface area contributed by atoms with E-state index in [9.17, 15) is 9.59 Å². The lowest BCUT2D eigenvalue weighted by Crippen LogP contribution is -2.41. The lowest BCUT2D eigenvalue weighted by atomic mass is 10.1. The summed E-state index contributed by atoms with van der Waals surface area (Å²) in [6, 6.07) is 18.7. The molecule has 2 aromatic carbocycles. The van der Waals surface area contributed by atoms with Gasteiger partial charge in [0.05, 0.1) is 0 Å². The number of anilines is 1. The summed E-state index contributed by atoms with van der Waals surface area (Å²) in [6.45, 7) is 2.42. The van der Waals surface area contributed by atoms with Gasteiger partial charge in [-0.2, -0.15) is 0 Å². The highest BCUT2D eigenvalue weighted by Crippen LogP contribution is 2.14. The molecule has 3 rings (SSSR count). The molecule has 1 heterocycles. The van der Waals surface area contributed by atoms with Crippen LogP contribution >= 0.6 is 0 Å². The van der Waals surface area contributed by atoms with Gasteiger partial charge in [-0.15, -0.1) is 0 Å². The third-order valence-electron chi connectivity index (χ3n) is 4.27. The molecule has 0 saturated heterocycles. The molecule has 0 aliphatic carbocycles. The van der Waals surface area contributed by atoms with Crippen molar-refractivity contribution in [1.29, 1.82) is 0 Å². The van der Waals surface area contributed by atoms with Crippen LogP contribution in [0.2, 0.25) is 0 Å². The molecule has 1 N–H and O–H groups in total. The Hall–Kier alpha value is -3.08. The van der Waals surface area contributed by atoms with E-state index < -0.39 is 11.5 Å². The predicted molar refractivity (Wildman–Crippen MR) is 99.1 cm³/mol. The second-order valence-electron chi connectivity index (χ2n) is 5.99. The van der Waals surface area contributed by atoms with Crippen molar-refractivity contribution in [3.63, 3.8) is 0 Å². The fraction of sp³-hybridized carbons (Fsp3) is 0.200. The average Bonchev–Trinajstić information content (AvgIpc) is 2.65. The van der Waals surface area contributed by atoms with Crippen molar-refractivity contribution in [3.05, 3.63) is 76.6 Å². The molecule has 25 heavy (non-hydrogen) atoms. The summed E-state index contributed by atoms with van der Waals surface area (Å²) in [4.78, 5) is 26.5. The van der Waals surface area contributed by atoms with Crippen molar-refractivity contribution in [2.45, 2.75) is 13.0 Å². The van der Waals surface area contributed by atoms with Crippen molar-refractivity contribution in [1.82, 2.24) is 5.32 Å². The van der Waals surface area contributed by atoms with Crippen LogP contribution in [0, 0.1) is 0 Å². The highest BCUT2D eigenvalue weighted by molar-refractivity contribution is 5.96. The Balaban J connectivity index is 1.70. The lowest BCUT2D eigenvalue weighted by Gasteiger charge is -2.27. The van der Waals surface area contributed by atoms with E-state index >= 15 is 0 Å². The molecule has 0 saturated carbocycles. The topological polar surface area (TPSA) is 62.6 Å². The third kappa shape index (κ3) is 3.71. The van der Waals surface area contributed by atoms with E-state index in [1.54, 1.807) is 24.3 Å². The van der Waals surface area contributed by atoms with E-state index in [0.717, 1.165) is 11.1 Å². The Bertz CT molecular complexity index is 934. The van der Waals surface area contributed by atoms with E-state index in [1.807, 2.05) is 50.4 Å². The van der Waals surface area contributed by atoms with Crippen LogP contribution in [0.5, 0.6) is 0 Å². The zero-order chi connectivity index (χ0) is 17.8. The maximum Gasteiger partial charge on any atom is 0.349 e. The molecule has 3 aromatic rings.